The maximum atomic E-state index is 14.2. The minimum Gasteiger partial charge on any atom is -0.494 e. The molecule has 12 heteroatoms. The minimum absolute atomic E-state index is 0.0173. The molecule has 0 radical (unpaired) electrons. The van der Waals surface area contributed by atoms with E-state index >= 15 is 0 Å². The molecule has 9 nitrogen and oxygen atoms in total. The monoisotopic (exact) mass is 570 g/mol. The average Bonchev–Trinajstić information content (AvgIpc) is 3.64. The lowest BCUT2D eigenvalue weighted by Gasteiger charge is -2.33. The van der Waals surface area contributed by atoms with Crippen molar-refractivity contribution in [2.75, 3.05) is 33.5 Å². The molecule has 1 aliphatic heterocycles. The highest BCUT2D eigenvalue weighted by Gasteiger charge is 2.34. The molecule has 1 saturated heterocycles. The van der Waals surface area contributed by atoms with Gasteiger partial charge in [-0.05, 0) is 55.5 Å². The summed E-state index contributed by atoms with van der Waals surface area (Å²) < 4.78 is 50.9. The van der Waals surface area contributed by atoms with Crippen molar-refractivity contribution in [3.05, 3.63) is 41.6 Å². The van der Waals surface area contributed by atoms with Gasteiger partial charge in [0, 0.05) is 37.1 Å². The van der Waals surface area contributed by atoms with Crippen molar-refractivity contribution >= 4 is 28.0 Å². The molecular formula is C29H33F3N6O3. The normalized spacial score (nSPS) is 19.8. The first kappa shape index (κ1) is 27.5. The summed E-state index contributed by atoms with van der Waals surface area (Å²) in [5.41, 5.74) is 6.33. The lowest BCUT2D eigenvalue weighted by molar-refractivity contribution is -0.0146. The van der Waals surface area contributed by atoms with Crippen LogP contribution in [0.1, 0.15) is 35.3 Å². The molecule has 4 aromatic rings. The molecule has 1 amide bonds. The van der Waals surface area contributed by atoms with Crippen LogP contribution < -0.4 is 10.5 Å². The van der Waals surface area contributed by atoms with Crippen LogP contribution in [0.5, 0.6) is 5.75 Å². The Kier molecular flexibility index (Phi) is 6.93. The Bertz CT molecular complexity index is 1620. The second kappa shape index (κ2) is 10.3. The number of fused-ring (bicyclic) bond motifs is 2. The van der Waals surface area contributed by atoms with E-state index in [1.165, 1.54) is 18.1 Å². The van der Waals surface area contributed by atoms with Crippen LogP contribution in [0, 0.1) is 5.92 Å². The number of nitrogens with zero attached hydrogens (tertiary/aromatic N) is 5. The molecule has 3 aromatic heterocycles. The van der Waals surface area contributed by atoms with Gasteiger partial charge in [0.05, 0.1) is 30.6 Å². The smallest absolute Gasteiger partial charge is 0.254 e. The van der Waals surface area contributed by atoms with E-state index in [0.29, 0.717) is 46.3 Å². The highest BCUT2D eigenvalue weighted by Crippen LogP contribution is 2.38. The summed E-state index contributed by atoms with van der Waals surface area (Å²) in [4.78, 5) is 24.2. The quantitative estimate of drug-likeness (QED) is 0.335. The number of ether oxygens (including phenoxy) is 1. The van der Waals surface area contributed by atoms with Gasteiger partial charge in [-0.3, -0.25) is 4.79 Å². The van der Waals surface area contributed by atoms with Crippen LogP contribution in [0.25, 0.3) is 33.6 Å². The highest BCUT2D eigenvalue weighted by atomic mass is 19.1. The number of hydrogen-bond acceptors (Lipinski definition) is 6. The molecule has 3 N–H and O–H groups in total. The molecule has 1 aromatic carbocycles. The van der Waals surface area contributed by atoms with Gasteiger partial charge in [-0.1, -0.05) is 0 Å². The van der Waals surface area contributed by atoms with Crippen LogP contribution in [0.4, 0.5) is 13.2 Å². The van der Waals surface area contributed by atoms with Crippen molar-refractivity contribution in [3.63, 3.8) is 0 Å². The first-order valence-corrected chi connectivity index (χ1v) is 13.7. The van der Waals surface area contributed by atoms with E-state index in [4.69, 9.17) is 15.5 Å². The number of aromatic nitrogens is 4. The first-order chi connectivity index (χ1) is 19.6. The highest BCUT2D eigenvalue weighted by molar-refractivity contribution is 6.00. The van der Waals surface area contributed by atoms with Crippen molar-refractivity contribution in [1.29, 1.82) is 0 Å². The zero-order valence-corrected chi connectivity index (χ0v) is 23.0. The van der Waals surface area contributed by atoms with Crippen LogP contribution in [0.15, 0.2) is 30.3 Å². The standard InChI is InChI=1S/C29H33F3N6O3/c1-36-25-21(7-18(9-23(25)41-2)28(39)37-12-19(32)10-20(33)13-37)34-27(36)22-8-17-5-6-24(29(40,14-30)15-31)35-26(17)38(22)11-16-3-4-16/h5-9,16,19-20,40H,3-4,10-15,33H2,1-2H3/t19-,20-/m1/s1. The number of amides is 1. The number of aliphatic hydroxyl groups is 1. The number of likely N-dealkylation sites (tertiary alicyclic amines) is 1. The van der Waals surface area contributed by atoms with Crippen LogP contribution in [0.2, 0.25) is 0 Å². The summed E-state index contributed by atoms with van der Waals surface area (Å²) in [5.74, 6) is 1.10. The Morgan fingerprint density at radius 3 is 2.59 bits per heavy atom. The molecule has 1 aliphatic carbocycles. The first-order valence-electron chi connectivity index (χ1n) is 13.7. The largest absolute Gasteiger partial charge is 0.494 e. The molecule has 4 heterocycles. The molecule has 41 heavy (non-hydrogen) atoms. The summed E-state index contributed by atoms with van der Waals surface area (Å²) in [5, 5.41) is 11.2. The van der Waals surface area contributed by atoms with Gasteiger partial charge in [-0.25, -0.2) is 23.1 Å². The van der Waals surface area contributed by atoms with E-state index < -0.39 is 31.2 Å². The molecule has 218 valence electrons. The molecule has 1 saturated carbocycles. The molecule has 2 aliphatic rings. The number of carbonyl (C=O) groups is 1. The third kappa shape index (κ3) is 4.82. The van der Waals surface area contributed by atoms with Gasteiger partial charge in [0.1, 0.15) is 36.4 Å². The Morgan fingerprint density at radius 2 is 1.93 bits per heavy atom. The second-order valence-electron chi connectivity index (χ2n) is 11.3. The molecule has 2 atom stereocenters. The van der Waals surface area contributed by atoms with Crippen molar-refractivity contribution < 1.29 is 27.8 Å². The fourth-order valence-corrected chi connectivity index (χ4v) is 5.73. The van der Waals surface area contributed by atoms with Gasteiger partial charge in [0.2, 0.25) is 0 Å². The molecule has 0 unspecified atom stereocenters. The maximum Gasteiger partial charge on any atom is 0.254 e. The molecular weight excluding hydrogens is 537 g/mol. The van der Waals surface area contributed by atoms with Crippen molar-refractivity contribution in [2.24, 2.45) is 18.7 Å². The zero-order chi connectivity index (χ0) is 29.1. The van der Waals surface area contributed by atoms with E-state index in [-0.39, 0.29) is 31.1 Å². The predicted molar refractivity (Wildman–Crippen MR) is 148 cm³/mol. The third-order valence-electron chi connectivity index (χ3n) is 8.15. The van der Waals surface area contributed by atoms with Crippen LogP contribution in [0.3, 0.4) is 0 Å². The van der Waals surface area contributed by atoms with Gasteiger partial charge in [0.15, 0.2) is 11.4 Å². The third-order valence-corrected chi connectivity index (χ3v) is 8.15. The van der Waals surface area contributed by atoms with Crippen molar-refractivity contribution in [2.45, 2.75) is 43.6 Å². The number of benzene rings is 1. The molecule has 0 spiro atoms. The molecule has 0 bridgehead atoms. The van der Waals surface area contributed by atoms with E-state index in [1.54, 1.807) is 18.2 Å². The number of imidazole rings is 1. The number of rotatable bonds is 8. The van der Waals surface area contributed by atoms with E-state index in [0.717, 1.165) is 23.9 Å². The number of aryl methyl sites for hydroxylation is 1. The summed E-state index contributed by atoms with van der Waals surface area (Å²) in [6, 6.07) is 7.92. The predicted octanol–water partition coefficient (Wildman–Crippen LogP) is 3.65. The topological polar surface area (TPSA) is 111 Å². The Balaban J connectivity index is 1.47. The van der Waals surface area contributed by atoms with E-state index in [9.17, 15) is 23.1 Å². The lowest BCUT2D eigenvalue weighted by atomic mass is 10.0. The number of piperidine rings is 1. The number of pyridine rings is 1. The summed E-state index contributed by atoms with van der Waals surface area (Å²) >= 11 is 0. The SMILES string of the molecule is COc1cc(C(=O)N2C[C@H](N)C[C@@H](F)C2)cc2nc(-c3cc4ccc(C(O)(CF)CF)nc4n3CC3CC3)n(C)c12. The van der Waals surface area contributed by atoms with Gasteiger partial charge >= 0.3 is 0 Å². The second-order valence-corrected chi connectivity index (χ2v) is 11.3. The zero-order valence-electron chi connectivity index (χ0n) is 23.0. The summed E-state index contributed by atoms with van der Waals surface area (Å²) in [6.07, 6.45) is 1.16. The average molecular weight is 571 g/mol. The van der Waals surface area contributed by atoms with Crippen molar-refractivity contribution in [1.82, 2.24) is 24.0 Å². The fraction of sp³-hybridized carbons (Fsp3) is 0.483. The summed E-state index contributed by atoms with van der Waals surface area (Å²) in [7, 11) is 3.35. The number of nitrogens with two attached hydrogens (primary N) is 1. The van der Waals surface area contributed by atoms with Gasteiger partial charge in [0.25, 0.3) is 5.91 Å². The van der Waals surface area contributed by atoms with E-state index in [2.05, 4.69) is 4.98 Å². The van der Waals surface area contributed by atoms with Crippen LogP contribution >= 0.6 is 0 Å². The Morgan fingerprint density at radius 1 is 1.17 bits per heavy atom. The van der Waals surface area contributed by atoms with Crippen LogP contribution in [-0.2, 0) is 19.2 Å². The number of alkyl halides is 3. The molecule has 6 rings (SSSR count). The number of hydrogen-bond donors (Lipinski definition) is 2. The van der Waals surface area contributed by atoms with Gasteiger partial charge in [-0.2, -0.15) is 0 Å². The minimum atomic E-state index is -2.31. The van der Waals surface area contributed by atoms with Crippen molar-refractivity contribution in [3.8, 4) is 17.3 Å². The maximum absolute atomic E-state index is 14.2. The Labute approximate surface area is 234 Å². The number of carbonyl (C=O) groups excluding carboxylic acids is 1. The number of halogens is 3. The lowest BCUT2D eigenvalue weighted by Crippen LogP contribution is -2.50. The van der Waals surface area contributed by atoms with E-state index in [1.807, 2.05) is 22.2 Å². The van der Waals surface area contributed by atoms with Crippen LogP contribution in [-0.4, -0.2) is 80.8 Å². The van der Waals surface area contributed by atoms with Gasteiger partial charge in [-0.15, -0.1) is 0 Å². The molecule has 2 fully saturated rings. The number of methoxy groups -OCH3 is 1. The Hall–Kier alpha value is -3.64. The van der Waals surface area contributed by atoms with Gasteiger partial charge < -0.3 is 29.6 Å². The summed E-state index contributed by atoms with van der Waals surface area (Å²) in [6.45, 7) is -1.71. The fourth-order valence-electron chi connectivity index (χ4n) is 5.73.